The van der Waals surface area contributed by atoms with Crippen LogP contribution in [0.15, 0.2) is 0 Å². The van der Waals surface area contributed by atoms with Crippen LogP contribution in [0, 0.1) is 0 Å². The van der Waals surface area contributed by atoms with Crippen LogP contribution in [0.4, 0.5) is 0 Å². The summed E-state index contributed by atoms with van der Waals surface area (Å²) in [5.41, 5.74) is 0. The molecule has 0 bridgehead atoms. The highest BCUT2D eigenvalue weighted by atomic mass is 32.2. The van der Waals surface area contributed by atoms with Gasteiger partial charge in [-0.1, -0.05) is 26.2 Å². The van der Waals surface area contributed by atoms with Crippen molar-refractivity contribution in [3.63, 3.8) is 0 Å². The number of hydrogen-bond acceptors (Lipinski definition) is 4. The zero-order chi connectivity index (χ0) is 18.4. The second kappa shape index (κ2) is 9.30. The first-order chi connectivity index (χ1) is 11.9. The standard InChI is InChI=1S/C17H33N3O4S/c1-4-16(24-5-2)17(21)19-11-13-20(14-12-19)25(22,23)18(3)15-9-7-6-8-10-15/h15-16H,4-14H2,1-3H3. The van der Waals surface area contributed by atoms with Gasteiger partial charge in [-0.25, -0.2) is 0 Å². The zero-order valence-corrected chi connectivity index (χ0v) is 16.6. The molecule has 0 aromatic rings. The lowest BCUT2D eigenvalue weighted by Gasteiger charge is -2.39. The fraction of sp³-hybridized carbons (Fsp3) is 0.941. The average molecular weight is 376 g/mol. The summed E-state index contributed by atoms with van der Waals surface area (Å²) >= 11 is 0. The second-order valence-corrected chi connectivity index (χ2v) is 8.88. The number of ether oxygens (including phenoxy) is 1. The van der Waals surface area contributed by atoms with Crippen molar-refractivity contribution in [3.05, 3.63) is 0 Å². The van der Waals surface area contributed by atoms with Gasteiger partial charge in [0, 0.05) is 45.9 Å². The van der Waals surface area contributed by atoms with Gasteiger partial charge in [0.15, 0.2) is 0 Å². The van der Waals surface area contributed by atoms with E-state index in [1.54, 1.807) is 16.3 Å². The molecule has 0 radical (unpaired) electrons. The third kappa shape index (κ3) is 4.93. The van der Waals surface area contributed by atoms with Gasteiger partial charge in [-0.05, 0) is 26.2 Å². The molecule has 0 N–H and O–H groups in total. The molecule has 0 spiro atoms. The summed E-state index contributed by atoms with van der Waals surface area (Å²) < 4.78 is 34.3. The Morgan fingerprint density at radius 3 is 2.24 bits per heavy atom. The predicted molar refractivity (Wildman–Crippen MR) is 97.4 cm³/mol. The van der Waals surface area contributed by atoms with Crippen molar-refractivity contribution in [2.24, 2.45) is 0 Å². The van der Waals surface area contributed by atoms with Gasteiger partial charge in [-0.15, -0.1) is 0 Å². The number of rotatable bonds is 7. The first-order valence-corrected chi connectivity index (χ1v) is 10.9. The SMILES string of the molecule is CCOC(CC)C(=O)N1CCN(S(=O)(=O)N(C)C2CCCCC2)CC1. The Hall–Kier alpha value is -0.700. The van der Waals surface area contributed by atoms with Gasteiger partial charge in [0.1, 0.15) is 6.10 Å². The maximum atomic E-state index is 12.9. The largest absolute Gasteiger partial charge is 0.369 e. The second-order valence-electron chi connectivity index (χ2n) is 6.89. The lowest BCUT2D eigenvalue weighted by molar-refractivity contribution is -0.144. The van der Waals surface area contributed by atoms with Gasteiger partial charge in [0.05, 0.1) is 0 Å². The Balaban J connectivity index is 1.92. The molecular weight excluding hydrogens is 342 g/mol. The van der Waals surface area contributed by atoms with Crippen molar-refractivity contribution in [2.45, 2.75) is 64.5 Å². The van der Waals surface area contributed by atoms with Crippen molar-refractivity contribution in [1.29, 1.82) is 0 Å². The van der Waals surface area contributed by atoms with Crippen molar-refractivity contribution in [2.75, 3.05) is 39.8 Å². The maximum Gasteiger partial charge on any atom is 0.282 e. The Kier molecular flexibility index (Phi) is 7.67. The van der Waals surface area contributed by atoms with Gasteiger partial charge in [-0.2, -0.15) is 17.0 Å². The number of piperazine rings is 1. The molecule has 1 aliphatic heterocycles. The predicted octanol–water partition coefficient (Wildman–Crippen LogP) is 1.46. The van der Waals surface area contributed by atoms with Crippen molar-refractivity contribution in [3.8, 4) is 0 Å². The van der Waals surface area contributed by atoms with Crippen LogP contribution in [-0.4, -0.2) is 79.8 Å². The number of amides is 1. The summed E-state index contributed by atoms with van der Waals surface area (Å²) in [6, 6.07) is 0.112. The van der Waals surface area contributed by atoms with Gasteiger partial charge < -0.3 is 9.64 Å². The van der Waals surface area contributed by atoms with Crippen LogP contribution in [0.3, 0.4) is 0 Å². The Bertz CT molecular complexity index is 526. The average Bonchev–Trinajstić information content (AvgIpc) is 2.65. The molecule has 2 aliphatic rings. The van der Waals surface area contributed by atoms with Crippen LogP contribution in [0.2, 0.25) is 0 Å². The number of hydrogen-bond donors (Lipinski definition) is 0. The number of carbonyl (C=O) groups is 1. The van der Waals surface area contributed by atoms with Crippen LogP contribution in [-0.2, 0) is 19.7 Å². The van der Waals surface area contributed by atoms with E-state index in [2.05, 4.69) is 0 Å². The van der Waals surface area contributed by atoms with E-state index in [0.29, 0.717) is 39.2 Å². The molecule has 2 rings (SSSR count). The topological polar surface area (TPSA) is 70.2 Å². The summed E-state index contributed by atoms with van der Waals surface area (Å²) in [6.45, 7) is 5.88. The van der Waals surface area contributed by atoms with Crippen LogP contribution >= 0.6 is 0 Å². The summed E-state index contributed by atoms with van der Waals surface area (Å²) in [6.07, 6.45) is 5.50. The molecule has 2 fully saturated rings. The van der Waals surface area contributed by atoms with Crippen LogP contribution in [0.1, 0.15) is 52.4 Å². The number of carbonyl (C=O) groups excluding carboxylic acids is 1. The fourth-order valence-electron chi connectivity index (χ4n) is 3.72. The molecule has 146 valence electrons. The van der Waals surface area contributed by atoms with Gasteiger partial charge in [0.25, 0.3) is 16.1 Å². The minimum absolute atomic E-state index is 0.0259. The maximum absolute atomic E-state index is 12.9. The molecule has 1 atom stereocenters. The summed E-state index contributed by atoms with van der Waals surface area (Å²) in [5, 5.41) is 0. The third-order valence-corrected chi connectivity index (χ3v) is 7.39. The molecule has 1 heterocycles. The lowest BCUT2D eigenvalue weighted by atomic mass is 9.96. The van der Waals surface area contributed by atoms with E-state index in [1.165, 1.54) is 10.7 Å². The Morgan fingerprint density at radius 2 is 1.72 bits per heavy atom. The van der Waals surface area contributed by atoms with E-state index < -0.39 is 16.3 Å². The van der Waals surface area contributed by atoms with E-state index in [4.69, 9.17) is 4.74 Å². The summed E-state index contributed by atoms with van der Waals surface area (Å²) in [5.74, 6) is -0.0259. The minimum atomic E-state index is -3.45. The smallest absolute Gasteiger partial charge is 0.282 e. The molecule has 7 nitrogen and oxygen atoms in total. The summed E-state index contributed by atoms with van der Waals surface area (Å²) in [4.78, 5) is 14.2. The van der Waals surface area contributed by atoms with Gasteiger partial charge >= 0.3 is 0 Å². The van der Waals surface area contributed by atoms with Gasteiger partial charge in [-0.3, -0.25) is 4.79 Å². The van der Waals surface area contributed by atoms with Crippen molar-refractivity contribution < 1.29 is 17.9 Å². The first kappa shape index (κ1) is 20.6. The first-order valence-electron chi connectivity index (χ1n) is 9.55. The van der Waals surface area contributed by atoms with Crippen LogP contribution < -0.4 is 0 Å². The molecule has 1 amide bonds. The van der Waals surface area contributed by atoms with E-state index in [1.807, 2.05) is 13.8 Å². The van der Waals surface area contributed by atoms with E-state index in [0.717, 1.165) is 25.7 Å². The Morgan fingerprint density at radius 1 is 1.12 bits per heavy atom. The van der Waals surface area contributed by atoms with E-state index in [9.17, 15) is 13.2 Å². The van der Waals surface area contributed by atoms with Crippen LogP contribution in [0.5, 0.6) is 0 Å². The van der Waals surface area contributed by atoms with Crippen molar-refractivity contribution in [1.82, 2.24) is 13.5 Å². The molecule has 1 aliphatic carbocycles. The highest BCUT2D eigenvalue weighted by Gasteiger charge is 2.36. The summed E-state index contributed by atoms with van der Waals surface area (Å²) in [7, 11) is -1.75. The molecule has 0 aromatic heterocycles. The third-order valence-electron chi connectivity index (χ3n) is 5.34. The van der Waals surface area contributed by atoms with Crippen molar-refractivity contribution >= 4 is 16.1 Å². The lowest BCUT2D eigenvalue weighted by Crippen LogP contribution is -2.56. The Labute approximate surface area is 152 Å². The monoisotopic (exact) mass is 375 g/mol. The highest BCUT2D eigenvalue weighted by Crippen LogP contribution is 2.25. The molecule has 1 unspecified atom stereocenters. The highest BCUT2D eigenvalue weighted by molar-refractivity contribution is 7.86. The molecule has 8 heteroatoms. The minimum Gasteiger partial charge on any atom is -0.369 e. The quantitative estimate of drug-likeness (QED) is 0.675. The zero-order valence-electron chi connectivity index (χ0n) is 15.8. The molecule has 1 saturated carbocycles. The molecule has 25 heavy (non-hydrogen) atoms. The van der Waals surface area contributed by atoms with Crippen LogP contribution in [0.25, 0.3) is 0 Å². The molecular formula is C17H33N3O4S. The normalized spacial score (nSPS) is 22.3. The number of nitrogens with zero attached hydrogens (tertiary/aromatic N) is 3. The molecule has 1 saturated heterocycles. The molecule has 0 aromatic carbocycles. The van der Waals surface area contributed by atoms with Gasteiger partial charge in [0.2, 0.25) is 0 Å². The van der Waals surface area contributed by atoms with E-state index in [-0.39, 0.29) is 11.9 Å². The fourth-order valence-corrected chi connectivity index (χ4v) is 5.30. The van der Waals surface area contributed by atoms with E-state index >= 15 is 0 Å².